The normalized spacial score (nSPS) is 13.0. The Labute approximate surface area is 54.4 Å². The van der Waals surface area contributed by atoms with Crippen molar-refractivity contribution in [1.82, 2.24) is 0 Å². The van der Waals surface area contributed by atoms with Crippen molar-refractivity contribution in [2.75, 3.05) is 0 Å². The van der Waals surface area contributed by atoms with Crippen LogP contribution in [0.3, 0.4) is 0 Å². The van der Waals surface area contributed by atoms with Crippen LogP contribution < -0.4 is 0 Å². The zero-order valence-electron chi connectivity index (χ0n) is 5.28. The van der Waals surface area contributed by atoms with Gasteiger partial charge in [-0.05, 0) is 0 Å². The number of rotatable bonds is 4. The molecule has 0 fully saturated rings. The van der Waals surface area contributed by atoms with Crippen LogP contribution in [0, 0.1) is 0 Å². The topological polar surface area (TPSA) is 46.5 Å². The van der Waals surface area contributed by atoms with Crippen LogP contribution in [0.5, 0.6) is 0 Å². The molecule has 0 aliphatic carbocycles. The summed E-state index contributed by atoms with van der Waals surface area (Å²) in [5.41, 5.74) is 0. The molecule has 0 aliphatic heterocycles. The molecule has 1 atom stereocenters. The Morgan fingerprint density at radius 3 is 2.78 bits per heavy atom. The maximum absolute atomic E-state index is 10.0. The summed E-state index contributed by atoms with van der Waals surface area (Å²) in [6.07, 6.45) is 2.47. The van der Waals surface area contributed by atoms with Crippen LogP contribution in [0.25, 0.3) is 0 Å². The SMILES string of the molecule is CCC(C=O)/N=C/B=O. The van der Waals surface area contributed by atoms with E-state index in [4.69, 9.17) is 0 Å². The van der Waals surface area contributed by atoms with E-state index in [9.17, 15) is 9.50 Å². The quantitative estimate of drug-likeness (QED) is 0.302. The van der Waals surface area contributed by atoms with Crippen LogP contribution in [0.1, 0.15) is 13.3 Å². The van der Waals surface area contributed by atoms with Gasteiger partial charge in [0.15, 0.2) is 0 Å². The summed E-state index contributed by atoms with van der Waals surface area (Å²) in [6.45, 7) is 1.83. The first-order valence-electron chi connectivity index (χ1n) is 2.77. The van der Waals surface area contributed by atoms with E-state index >= 15 is 0 Å². The van der Waals surface area contributed by atoms with Gasteiger partial charge in [0.25, 0.3) is 0 Å². The second-order valence-corrected chi connectivity index (χ2v) is 1.55. The number of nitrogens with zero attached hydrogens (tertiary/aromatic N) is 1. The van der Waals surface area contributed by atoms with E-state index in [1.54, 1.807) is 0 Å². The molecule has 0 radical (unpaired) electrons. The van der Waals surface area contributed by atoms with Gasteiger partial charge in [0.1, 0.15) is 0 Å². The van der Waals surface area contributed by atoms with Gasteiger partial charge in [-0.25, -0.2) is 0 Å². The third-order valence-corrected chi connectivity index (χ3v) is 0.914. The summed E-state index contributed by atoms with van der Waals surface area (Å²) < 4.78 is 9.68. The average molecular weight is 125 g/mol. The van der Waals surface area contributed by atoms with Gasteiger partial charge < -0.3 is 0 Å². The van der Waals surface area contributed by atoms with Crippen LogP contribution in [0.2, 0.25) is 0 Å². The standard InChI is InChI=1S/C5H8BNO2/c1-2-5(3-8)7-4-6-9/h3-5H,2H2,1H3/b7-4+. The molecule has 3 nitrogen and oxygen atoms in total. The fourth-order valence-electron chi connectivity index (χ4n) is 0.382. The molecule has 48 valence electrons. The van der Waals surface area contributed by atoms with Crippen molar-refractivity contribution in [1.29, 1.82) is 0 Å². The van der Waals surface area contributed by atoms with E-state index in [1.165, 1.54) is 0 Å². The van der Waals surface area contributed by atoms with Crippen LogP contribution in [0.15, 0.2) is 4.99 Å². The summed E-state index contributed by atoms with van der Waals surface area (Å²) in [5, 5.41) is 0. The Bertz CT molecular complexity index is 124. The Kier molecular flexibility index (Phi) is 4.87. The predicted molar refractivity (Wildman–Crippen MR) is 35.1 cm³/mol. The first-order valence-corrected chi connectivity index (χ1v) is 2.77. The fourth-order valence-corrected chi connectivity index (χ4v) is 0.382. The molecule has 0 spiro atoms. The third-order valence-electron chi connectivity index (χ3n) is 0.914. The number of aldehydes is 1. The molecular weight excluding hydrogens is 117 g/mol. The van der Waals surface area contributed by atoms with Crippen LogP contribution in [-0.4, -0.2) is 25.6 Å². The number of aliphatic imine (C=N–C) groups is 1. The Hall–Kier alpha value is -0.795. The molecule has 0 saturated carbocycles. The van der Waals surface area contributed by atoms with Gasteiger partial charge >= 0.3 is 53.4 Å². The van der Waals surface area contributed by atoms with E-state index in [0.29, 0.717) is 13.6 Å². The Morgan fingerprint density at radius 1 is 1.78 bits per heavy atom. The van der Waals surface area contributed by atoms with E-state index < -0.39 is 0 Å². The zero-order chi connectivity index (χ0) is 7.11. The molecule has 0 N–H and O–H groups in total. The molecule has 0 saturated heterocycles. The number of hydrogen-bond donors (Lipinski definition) is 0. The minimum atomic E-state index is -0.338. The Balaban J connectivity index is 3.66. The fraction of sp³-hybridized carbons (Fsp3) is 0.600. The van der Waals surface area contributed by atoms with Gasteiger partial charge in [0.2, 0.25) is 0 Å². The number of carbonyl (C=O) groups is 1. The van der Waals surface area contributed by atoms with Crippen molar-refractivity contribution in [3.63, 3.8) is 0 Å². The average Bonchev–Trinajstić information content (AvgIpc) is 1.91. The molecule has 0 amide bonds. The van der Waals surface area contributed by atoms with Crippen molar-refractivity contribution < 1.29 is 9.50 Å². The molecule has 0 aromatic heterocycles. The second-order valence-electron chi connectivity index (χ2n) is 1.55. The van der Waals surface area contributed by atoms with E-state index in [1.807, 2.05) is 6.92 Å². The molecule has 0 bridgehead atoms. The monoisotopic (exact) mass is 125 g/mol. The van der Waals surface area contributed by atoms with Crippen molar-refractivity contribution in [2.24, 2.45) is 4.99 Å². The van der Waals surface area contributed by atoms with Gasteiger partial charge in [-0.1, -0.05) is 0 Å². The van der Waals surface area contributed by atoms with Crippen LogP contribution in [-0.2, 0) is 9.50 Å². The first-order chi connectivity index (χ1) is 4.35. The van der Waals surface area contributed by atoms with Crippen molar-refractivity contribution in [3.05, 3.63) is 0 Å². The van der Waals surface area contributed by atoms with Gasteiger partial charge in [-0.2, -0.15) is 0 Å². The number of carbonyl (C=O) groups excluding carboxylic acids is 1. The summed E-state index contributed by atoms with van der Waals surface area (Å²) in [6, 6.07) is -0.338. The van der Waals surface area contributed by atoms with Crippen LogP contribution >= 0.6 is 0 Å². The summed E-state index contributed by atoms with van der Waals surface area (Å²) in [5.74, 6) is 0. The van der Waals surface area contributed by atoms with E-state index in [-0.39, 0.29) is 6.04 Å². The molecule has 4 heteroatoms. The van der Waals surface area contributed by atoms with Crippen LogP contribution in [0.4, 0.5) is 0 Å². The molecule has 1 unspecified atom stereocenters. The van der Waals surface area contributed by atoms with E-state index in [2.05, 4.69) is 4.99 Å². The maximum atomic E-state index is 10.0. The van der Waals surface area contributed by atoms with Gasteiger partial charge in [0.05, 0.1) is 0 Å². The first kappa shape index (κ1) is 8.20. The van der Waals surface area contributed by atoms with Gasteiger partial charge in [-0.15, -0.1) is 0 Å². The van der Waals surface area contributed by atoms with Gasteiger partial charge in [-0.3, -0.25) is 0 Å². The summed E-state index contributed by atoms with van der Waals surface area (Å²) >= 11 is 0. The van der Waals surface area contributed by atoms with Crippen molar-refractivity contribution in [3.8, 4) is 0 Å². The predicted octanol–water partition coefficient (Wildman–Crippen LogP) is 0.0419. The Morgan fingerprint density at radius 2 is 2.44 bits per heavy atom. The molecule has 0 aliphatic rings. The molecule has 0 rings (SSSR count). The van der Waals surface area contributed by atoms with Gasteiger partial charge in [0, 0.05) is 0 Å². The molecule has 0 aromatic rings. The minimum absolute atomic E-state index is 0.338. The van der Waals surface area contributed by atoms with E-state index in [0.717, 1.165) is 12.4 Å². The molecule has 0 heterocycles. The second kappa shape index (κ2) is 5.34. The third kappa shape index (κ3) is 3.76. The molecule has 9 heavy (non-hydrogen) atoms. The molecule has 0 aromatic carbocycles. The molecular formula is C5H8BNO2. The zero-order valence-corrected chi connectivity index (χ0v) is 5.28. The van der Waals surface area contributed by atoms with Crippen molar-refractivity contribution >= 4 is 19.6 Å². The number of hydrogen-bond acceptors (Lipinski definition) is 3. The summed E-state index contributed by atoms with van der Waals surface area (Å²) in [7, 11) is 0.562. The van der Waals surface area contributed by atoms with Crippen molar-refractivity contribution in [2.45, 2.75) is 19.4 Å². The summed E-state index contributed by atoms with van der Waals surface area (Å²) in [4.78, 5) is 13.6.